The minimum Gasteiger partial charge on any atom is -0.339 e. The molecule has 0 radical (unpaired) electrons. The molecule has 0 bridgehead atoms. The van der Waals surface area contributed by atoms with E-state index in [1.807, 2.05) is 6.92 Å². The molecule has 0 saturated carbocycles. The Hall–Kier alpha value is -2.70. The Balaban J connectivity index is 1.62. The molecular formula is C20H25N3O4. The van der Waals surface area contributed by atoms with Gasteiger partial charge in [-0.25, -0.2) is 0 Å². The van der Waals surface area contributed by atoms with Crippen LogP contribution in [0.5, 0.6) is 0 Å². The fraction of sp³-hybridized carbons (Fsp3) is 0.500. The van der Waals surface area contributed by atoms with Crippen molar-refractivity contribution in [3.63, 3.8) is 0 Å². The first-order valence-corrected chi connectivity index (χ1v) is 9.49. The smallest absolute Gasteiger partial charge is 0.262 e. The summed E-state index contributed by atoms with van der Waals surface area (Å²) in [4.78, 5) is 54.6. The molecule has 2 aliphatic heterocycles. The van der Waals surface area contributed by atoms with Gasteiger partial charge in [0.25, 0.3) is 11.8 Å². The second-order valence-electron chi connectivity index (χ2n) is 7.01. The lowest BCUT2D eigenvalue weighted by Gasteiger charge is -2.37. The molecule has 1 unspecified atom stereocenters. The Morgan fingerprint density at radius 1 is 0.963 bits per heavy atom. The third kappa shape index (κ3) is 3.59. The number of carbonyl (C=O) groups is 4. The maximum Gasteiger partial charge on any atom is 0.262 e. The number of carbonyl (C=O) groups excluding carboxylic acids is 4. The van der Waals surface area contributed by atoms with Crippen LogP contribution in [0.3, 0.4) is 0 Å². The van der Waals surface area contributed by atoms with E-state index in [1.165, 1.54) is 0 Å². The summed E-state index contributed by atoms with van der Waals surface area (Å²) < 4.78 is 0. The molecule has 0 N–H and O–H groups in total. The van der Waals surface area contributed by atoms with E-state index in [1.54, 1.807) is 41.0 Å². The van der Waals surface area contributed by atoms with Gasteiger partial charge in [0.05, 0.1) is 11.1 Å². The Labute approximate surface area is 158 Å². The van der Waals surface area contributed by atoms with Gasteiger partial charge in [0.15, 0.2) is 0 Å². The Morgan fingerprint density at radius 3 is 2.00 bits per heavy atom. The van der Waals surface area contributed by atoms with Crippen LogP contribution in [0.1, 0.15) is 53.8 Å². The van der Waals surface area contributed by atoms with Gasteiger partial charge in [-0.1, -0.05) is 25.5 Å². The lowest BCUT2D eigenvalue weighted by molar-refractivity contribution is -0.141. The molecule has 1 saturated heterocycles. The van der Waals surface area contributed by atoms with Crippen molar-refractivity contribution in [2.75, 3.05) is 26.2 Å². The van der Waals surface area contributed by atoms with Crippen LogP contribution in [0.4, 0.5) is 0 Å². The van der Waals surface area contributed by atoms with Crippen molar-refractivity contribution < 1.29 is 19.2 Å². The number of fused-ring (bicyclic) bond motifs is 1. The van der Waals surface area contributed by atoms with Crippen LogP contribution >= 0.6 is 0 Å². The van der Waals surface area contributed by atoms with Crippen molar-refractivity contribution in [1.82, 2.24) is 14.7 Å². The molecule has 7 heteroatoms. The largest absolute Gasteiger partial charge is 0.339 e. The van der Waals surface area contributed by atoms with Crippen molar-refractivity contribution in [1.29, 1.82) is 0 Å². The third-order valence-electron chi connectivity index (χ3n) is 5.26. The second kappa shape index (κ2) is 7.90. The Bertz CT molecular complexity index is 733. The van der Waals surface area contributed by atoms with Gasteiger partial charge < -0.3 is 9.80 Å². The summed E-state index contributed by atoms with van der Waals surface area (Å²) >= 11 is 0. The summed E-state index contributed by atoms with van der Waals surface area (Å²) in [6, 6.07) is 5.75. The molecule has 1 aromatic carbocycles. The first kappa shape index (κ1) is 19.1. The van der Waals surface area contributed by atoms with E-state index in [9.17, 15) is 19.2 Å². The number of piperazine rings is 1. The summed E-state index contributed by atoms with van der Waals surface area (Å²) in [7, 11) is 0. The summed E-state index contributed by atoms with van der Waals surface area (Å²) in [6.45, 7) is 5.45. The van der Waals surface area contributed by atoms with Gasteiger partial charge in [0.1, 0.15) is 6.04 Å². The molecule has 4 amide bonds. The number of hydrogen-bond donors (Lipinski definition) is 0. The average molecular weight is 371 g/mol. The van der Waals surface area contributed by atoms with Gasteiger partial charge in [0.2, 0.25) is 11.8 Å². The molecule has 0 spiro atoms. The number of benzene rings is 1. The molecule has 1 atom stereocenters. The number of imide groups is 1. The molecule has 2 aliphatic rings. The van der Waals surface area contributed by atoms with Gasteiger partial charge in [-0.2, -0.15) is 0 Å². The fourth-order valence-electron chi connectivity index (χ4n) is 3.60. The predicted molar refractivity (Wildman–Crippen MR) is 99.1 cm³/mol. The Kier molecular flexibility index (Phi) is 5.58. The molecule has 2 heterocycles. The molecule has 0 aromatic heterocycles. The minimum absolute atomic E-state index is 0.123. The summed E-state index contributed by atoms with van der Waals surface area (Å²) in [5.41, 5.74) is 0.682. The SMILES string of the molecule is CCCCC(=O)N1CCN(C(=O)C(C)N2C(=O)c3ccccc3C2=O)CC1. The molecule has 27 heavy (non-hydrogen) atoms. The van der Waals surface area contributed by atoms with Crippen LogP contribution in [0.15, 0.2) is 24.3 Å². The van der Waals surface area contributed by atoms with Crippen LogP contribution < -0.4 is 0 Å². The minimum atomic E-state index is -0.861. The summed E-state index contributed by atoms with van der Waals surface area (Å²) in [5, 5.41) is 0. The van der Waals surface area contributed by atoms with Crippen LogP contribution in [0.25, 0.3) is 0 Å². The van der Waals surface area contributed by atoms with Crippen molar-refractivity contribution in [2.45, 2.75) is 39.2 Å². The van der Waals surface area contributed by atoms with E-state index in [4.69, 9.17) is 0 Å². The van der Waals surface area contributed by atoms with E-state index in [-0.39, 0.29) is 11.8 Å². The van der Waals surface area contributed by atoms with Crippen molar-refractivity contribution in [3.05, 3.63) is 35.4 Å². The highest BCUT2D eigenvalue weighted by molar-refractivity contribution is 6.22. The summed E-state index contributed by atoms with van der Waals surface area (Å²) in [6.07, 6.45) is 2.38. The predicted octanol–water partition coefficient (Wildman–Crippen LogP) is 1.53. The van der Waals surface area contributed by atoms with E-state index in [2.05, 4.69) is 0 Å². The van der Waals surface area contributed by atoms with E-state index >= 15 is 0 Å². The molecule has 1 fully saturated rings. The maximum atomic E-state index is 12.9. The van der Waals surface area contributed by atoms with E-state index in [0.29, 0.717) is 43.7 Å². The van der Waals surface area contributed by atoms with Gasteiger partial charge in [-0.05, 0) is 25.5 Å². The molecular weight excluding hydrogens is 346 g/mol. The third-order valence-corrected chi connectivity index (χ3v) is 5.26. The fourth-order valence-corrected chi connectivity index (χ4v) is 3.60. The van der Waals surface area contributed by atoms with Gasteiger partial charge >= 0.3 is 0 Å². The Morgan fingerprint density at radius 2 is 1.48 bits per heavy atom. The lowest BCUT2D eigenvalue weighted by atomic mass is 10.1. The summed E-state index contributed by atoms with van der Waals surface area (Å²) in [5.74, 6) is -0.989. The number of hydrogen-bond acceptors (Lipinski definition) is 4. The number of nitrogens with zero attached hydrogens (tertiary/aromatic N) is 3. The van der Waals surface area contributed by atoms with E-state index in [0.717, 1.165) is 17.7 Å². The van der Waals surface area contributed by atoms with Crippen LogP contribution in [-0.2, 0) is 9.59 Å². The highest BCUT2D eigenvalue weighted by atomic mass is 16.2. The molecule has 3 rings (SSSR count). The number of unbranched alkanes of at least 4 members (excludes halogenated alkanes) is 1. The van der Waals surface area contributed by atoms with Gasteiger partial charge in [-0.3, -0.25) is 24.1 Å². The average Bonchev–Trinajstić information content (AvgIpc) is 2.96. The maximum absolute atomic E-state index is 12.9. The molecule has 1 aromatic rings. The number of amides is 4. The molecule has 7 nitrogen and oxygen atoms in total. The van der Waals surface area contributed by atoms with Crippen LogP contribution in [0.2, 0.25) is 0 Å². The molecule has 144 valence electrons. The first-order valence-electron chi connectivity index (χ1n) is 9.49. The quantitative estimate of drug-likeness (QED) is 0.736. The molecule has 0 aliphatic carbocycles. The van der Waals surface area contributed by atoms with Crippen molar-refractivity contribution >= 4 is 23.6 Å². The van der Waals surface area contributed by atoms with Gasteiger partial charge in [-0.15, -0.1) is 0 Å². The monoisotopic (exact) mass is 371 g/mol. The highest BCUT2D eigenvalue weighted by Gasteiger charge is 2.42. The normalized spacial score (nSPS) is 17.9. The van der Waals surface area contributed by atoms with Crippen molar-refractivity contribution in [2.24, 2.45) is 0 Å². The van der Waals surface area contributed by atoms with Crippen molar-refractivity contribution in [3.8, 4) is 0 Å². The van der Waals surface area contributed by atoms with Crippen LogP contribution in [-0.4, -0.2) is 70.5 Å². The van der Waals surface area contributed by atoms with Gasteiger partial charge in [0, 0.05) is 32.6 Å². The topological polar surface area (TPSA) is 78.0 Å². The lowest BCUT2D eigenvalue weighted by Crippen LogP contribution is -2.56. The number of rotatable bonds is 5. The zero-order valence-corrected chi connectivity index (χ0v) is 15.8. The van der Waals surface area contributed by atoms with E-state index < -0.39 is 17.9 Å². The zero-order chi connectivity index (χ0) is 19.6. The first-order chi connectivity index (χ1) is 13.0. The van der Waals surface area contributed by atoms with Crippen LogP contribution in [0, 0.1) is 0 Å². The highest BCUT2D eigenvalue weighted by Crippen LogP contribution is 2.25. The second-order valence-corrected chi connectivity index (χ2v) is 7.01. The standard InChI is InChI=1S/C20H25N3O4/c1-3-4-9-17(24)21-10-12-22(13-11-21)18(25)14(2)23-19(26)15-7-5-6-8-16(15)20(23)27/h5-8,14H,3-4,9-13H2,1-2H3. The zero-order valence-electron chi connectivity index (χ0n) is 15.8.